The summed E-state index contributed by atoms with van der Waals surface area (Å²) in [6.45, 7) is 36.4. The van der Waals surface area contributed by atoms with Gasteiger partial charge in [0, 0.05) is 126 Å². The highest BCUT2D eigenvalue weighted by atomic mass is 16.6. The van der Waals surface area contributed by atoms with E-state index < -0.39 is 111 Å². The number of carbonyl (C=O) groups excluding carboxylic acids is 4. The summed E-state index contributed by atoms with van der Waals surface area (Å²) < 4.78 is 177. The van der Waals surface area contributed by atoms with Crippen LogP contribution in [0.1, 0.15) is 249 Å². The van der Waals surface area contributed by atoms with Gasteiger partial charge in [-0.15, -0.1) is 0 Å². The van der Waals surface area contributed by atoms with Gasteiger partial charge >= 0.3 is 23.9 Å². The largest absolute Gasteiger partial charge is 0.493 e. The van der Waals surface area contributed by atoms with Crippen molar-refractivity contribution in [2.24, 2.45) is 93.9 Å². The van der Waals surface area contributed by atoms with Crippen LogP contribution in [0, 0.1) is 71.0 Å². The van der Waals surface area contributed by atoms with Crippen LogP contribution in [0.15, 0.2) is 48.5 Å². The number of carbonyl (C=O) groups is 4. The second kappa shape index (κ2) is 43.9. The molecule has 4 saturated heterocycles. The van der Waals surface area contributed by atoms with Crippen LogP contribution in [-0.2, 0) is 63.8 Å². The van der Waals surface area contributed by atoms with E-state index in [1.165, 1.54) is 14.2 Å². The summed E-state index contributed by atoms with van der Waals surface area (Å²) in [5.41, 5.74) is 30.7. The Labute approximate surface area is 737 Å². The fraction of sp³-hybridized carbons (Fsp3) is 0.708. The molecule has 4 aromatic carbocycles. The Kier molecular flexibility index (Phi) is 28.8. The number of hydrogen-bond donors (Lipinski definition) is 4. The molecule has 0 aromatic heterocycles. The molecule has 8 heterocycles. The van der Waals surface area contributed by atoms with Crippen LogP contribution in [0.2, 0.25) is 0 Å². The van der Waals surface area contributed by atoms with Gasteiger partial charge < -0.3 is 79.8 Å². The van der Waals surface area contributed by atoms with Crippen molar-refractivity contribution in [1.82, 2.24) is 19.6 Å². The number of nitrogens with zero attached hydrogens (tertiary/aromatic N) is 4. The normalized spacial score (nSPS) is 31.0. The van der Waals surface area contributed by atoms with Crippen LogP contribution in [0.25, 0.3) is 0 Å². The lowest BCUT2D eigenvalue weighted by atomic mass is 9.79. The maximum absolute atomic E-state index is 12.8. The summed E-state index contributed by atoms with van der Waals surface area (Å²) in [4.78, 5) is 59.6. The van der Waals surface area contributed by atoms with Crippen LogP contribution in [0.5, 0.6) is 46.0 Å². The predicted octanol–water partition coefficient (Wildman–Crippen LogP) is 14.3. The first-order valence-corrected chi connectivity index (χ1v) is 43.5. The second-order valence-electron chi connectivity index (χ2n) is 36.6. The molecule has 24 heteroatoms. The molecule has 120 heavy (non-hydrogen) atoms. The first-order valence-electron chi connectivity index (χ1n) is 50.0. The second-order valence-corrected chi connectivity index (χ2v) is 36.6. The predicted molar refractivity (Wildman–Crippen MR) is 471 cm³/mol. The lowest BCUT2D eigenvalue weighted by Gasteiger charge is -2.47. The molecule has 24 nitrogen and oxygen atoms in total. The number of fused-ring (bicyclic) bond motifs is 12. The molecule has 0 radical (unpaired) electrons. The SMILES string of the molecule is [2H]C([2H])([2H])Oc1cc2c(cc1OC)C1([2H])CC(OC(=O)[C@@H](N)C(C)C)C(CC(C)C)CN1CC2.[2H]C([2H])([2H])Oc1cc2c(cc1OC)C1([2H])CC([2H])(OC(=O)[C@@H](N)C(C)C)C(CC(C)C)CN1CC2.[2H]C1(OC(=O)[C@@H](N)C(C)C)CC2([2H])c3cc(OC)c(OC)cc3CCN2CC1CC(C)C.[2H]C1(OC(=O)[C@@H](N)C(C)C)CC2([2H])c3cc(OC)c(OC)cc3CCN2CC1CC(C)C. The van der Waals surface area contributed by atoms with E-state index in [-0.39, 0.29) is 95.5 Å². The maximum atomic E-state index is 12.8. The molecule has 0 aliphatic carbocycles. The van der Waals surface area contributed by atoms with Crippen LogP contribution in [-0.4, -0.2) is 201 Å². The number of rotatable bonds is 28. The zero-order valence-electron chi connectivity index (χ0n) is 88.7. The zero-order chi connectivity index (χ0) is 99.5. The zero-order valence-corrected chi connectivity index (χ0v) is 75.7. The van der Waals surface area contributed by atoms with Crippen molar-refractivity contribution in [2.45, 2.75) is 260 Å². The Morgan fingerprint density at radius 3 is 0.783 bits per heavy atom. The Balaban J connectivity index is 0.000000199. The number of hydrogen-bond acceptors (Lipinski definition) is 24. The van der Waals surface area contributed by atoms with Gasteiger partial charge in [-0.3, -0.25) is 38.8 Å². The summed E-state index contributed by atoms with van der Waals surface area (Å²) in [5, 5.41) is 0. The third-order valence-electron chi connectivity index (χ3n) is 24.6. The minimum absolute atomic E-state index is 0.0441. The highest BCUT2D eigenvalue weighted by molar-refractivity contribution is 5.77. The molecule has 8 aliphatic heterocycles. The average Bonchev–Trinajstić information content (AvgIpc) is 0.725. The summed E-state index contributed by atoms with van der Waals surface area (Å²) in [5.74, 6) is 1.27. The minimum atomic E-state index is -2.64. The molecule has 12 unspecified atom stereocenters. The fourth-order valence-electron chi connectivity index (χ4n) is 17.7. The Morgan fingerprint density at radius 2 is 0.550 bits per heavy atom. The summed E-state index contributed by atoms with van der Waals surface area (Å²) in [6.07, 6.45) is 1.04. The van der Waals surface area contributed by atoms with Gasteiger partial charge in [0.15, 0.2) is 46.0 Å². The molecule has 8 N–H and O–H groups in total. The molecule has 12 rings (SSSR count). The number of benzene rings is 4. The maximum Gasteiger partial charge on any atom is 0.323 e. The first kappa shape index (κ1) is 78.8. The van der Waals surface area contributed by atoms with Crippen molar-refractivity contribution in [3.05, 3.63) is 93.0 Å². The highest BCUT2D eigenvalue weighted by Gasteiger charge is 2.47. The molecule has 0 saturated carbocycles. The first-order chi connectivity index (χ1) is 61.7. The third-order valence-corrected chi connectivity index (χ3v) is 24.6. The number of ether oxygens (including phenoxy) is 12. The topological polar surface area (TPSA) is 296 Å². The van der Waals surface area contributed by atoms with E-state index in [1.807, 2.05) is 84.6 Å². The van der Waals surface area contributed by atoms with Gasteiger partial charge in [0.05, 0.1) is 74.6 Å². The molecule has 0 amide bonds. The Bertz CT molecular complexity index is 4530. The van der Waals surface area contributed by atoms with Gasteiger partial charge in [-0.25, -0.2) is 0 Å². The fourth-order valence-corrected chi connectivity index (χ4v) is 17.7. The summed E-state index contributed by atoms with van der Waals surface area (Å²) >= 11 is 0. The molecule has 4 aromatic rings. The van der Waals surface area contributed by atoms with Gasteiger partial charge in [0.25, 0.3) is 0 Å². The van der Waals surface area contributed by atoms with E-state index in [1.54, 1.807) is 52.7 Å². The molecule has 4 fully saturated rings. The molecule has 0 bridgehead atoms. The molecule has 16 atom stereocenters. The molecule has 0 spiro atoms. The molecular weight excluding hydrogens is 1520 g/mol. The smallest absolute Gasteiger partial charge is 0.323 e. The summed E-state index contributed by atoms with van der Waals surface area (Å²) in [7, 11) is 3.95. The third kappa shape index (κ3) is 23.8. The van der Waals surface area contributed by atoms with E-state index in [0.717, 1.165) is 71.0 Å². The van der Waals surface area contributed by atoms with E-state index in [0.29, 0.717) is 124 Å². The highest BCUT2D eigenvalue weighted by Crippen LogP contribution is 2.50. The van der Waals surface area contributed by atoms with E-state index in [4.69, 9.17) is 88.0 Å². The molecule has 8 aliphatic rings. The molecule has 672 valence electrons. The monoisotopic (exact) mass is 1690 g/mol. The van der Waals surface area contributed by atoms with Crippen LogP contribution in [0.4, 0.5) is 0 Å². The lowest BCUT2D eigenvalue weighted by Crippen LogP contribution is -2.51. The van der Waals surface area contributed by atoms with Gasteiger partial charge in [-0.1, -0.05) is 111 Å². The lowest BCUT2D eigenvalue weighted by molar-refractivity contribution is -0.161. The van der Waals surface area contributed by atoms with Gasteiger partial charge in [0.1, 0.15) is 48.5 Å². The van der Waals surface area contributed by atoms with E-state index in [2.05, 4.69) is 70.1 Å². The van der Waals surface area contributed by atoms with E-state index >= 15 is 0 Å². The number of esters is 4. The van der Waals surface area contributed by atoms with Crippen LogP contribution in [0.3, 0.4) is 0 Å². The van der Waals surface area contributed by atoms with Crippen molar-refractivity contribution in [3.8, 4) is 46.0 Å². The van der Waals surface area contributed by atoms with Crippen molar-refractivity contribution in [3.63, 3.8) is 0 Å². The van der Waals surface area contributed by atoms with Crippen molar-refractivity contribution < 1.29 is 93.8 Å². The van der Waals surface area contributed by atoms with Gasteiger partial charge in [-0.05, 0) is 192 Å². The number of methoxy groups -OCH3 is 8. The standard InChI is InChI=1S/4C24H38N2O4/c4*1-14(2)9-17-13-26-8-7-16-10-21(28-5)22(29-6)11-18(16)19(26)12-20(17)30-24(27)23(25)15(3)4/h4*10-11,14-15,17,19-20,23H,7-9,12-13,25H2,1-6H3/t4*17?,19?,20?,23-/m0000/s1/i5D3,19D,20D;2*19D,20D;5D3,19D. The van der Waals surface area contributed by atoms with E-state index in [9.17, 15) is 28.8 Å². The van der Waals surface area contributed by atoms with Crippen LogP contribution >= 0.6 is 0 Å². The average molecular weight is 1690 g/mol. The summed E-state index contributed by atoms with van der Waals surface area (Å²) in [6, 6.07) is 6.10. The minimum Gasteiger partial charge on any atom is -0.493 e. The van der Waals surface area contributed by atoms with Gasteiger partial charge in [-0.2, -0.15) is 0 Å². The Morgan fingerprint density at radius 1 is 0.333 bits per heavy atom. The number of piperidine rings is 4. The number of nitrogens with two attached hydrogens (primary N) is 4. The Hall–Kier alpha value is -7.16. The quantitative estimate of drug-likeness (QED) is 0.0303. The van der Waals surface area contributed by atoms with Crippen molar-refractivity contribution >= 4 is 23.9 Å². The molecular formula is C96H152N8O16. The van der Waals surface area contributed by atoms with Crippen molar-refractivity contribution in [1.29, 1.82) is 0 Å². The van der Waals surface area contributed by atoms with Gasteiger partial charge in [0.2, 0.25) is 0 Å². The van der Waals surface area contributed by atoms with Crippen molar-refractivity contribution in [2.75, 3.05) is 109 Å². The van der Waals surface area contributed by atoms with Crippen LogP contribution < -0.4 is 60.8 Å².